The van der Waals surface area contributed by atoms with Gasteiger partial charge in [0.25, 0.3) is 5.56 Å². The molecule has 0 bridgehead atoms. The van der Waals surface area contributed by atoms with Crippen LogP contribution in [0.15, 0.2) is 40.8 Å². The van der Waals surface area contributed by atoms with E-state index in [0.29, 0.717) is 10.2 Å². The van der Waals surface area contributed by atoms with E-state index < -0.39 is 0 Å². The van der Waals surface area contributed by atoms with E-state index in [9.17, 15) is 9.59 Å². The average molecular weight is 369 g/mol. The summed E-state index contributed by atoms with van der Waals surface area (Å²) in [5.74, 6) is 0.351. The molecule has 0 radical (unpaired) electrons. The fourth-order valence-electron chi connectivity index (χ4n) is 3.03. The van der Waals surface area contributed by atoms with Crippen LogP contribution in [0.4, 0.5) is 5.69 Å². The van der Waals surface area contributed by atoms with E-state index >= 15 is 0 Å². The average Bonchev–Trinajstić information content (AvgIpc) is 3.06. The minimum absolute atomic E-state index is 0.0540. The Balaban J connectivity index is 1.90. The van der Waals surface area contributed by atoms with Gasteiger partial charge in [-0.1, -0.05) is 45.9 Å². The maximum absolute atomic E-state index is 12.7. The molecule has 0 aliphatic rings. The molecule has 6 heteroatoms. The Morgan fingerprint density at radius 3 is 2.42 bits per heavy atom. The molecule has 0 atom stereocenters. The number of carbonyl (C=O) groups excluding carboxylic acids is 1. The molecule has 0 saturated carbocycles. The number of aromatic nitrogens is 2. The number of hydrogen-bond acceptors (Lipinski definition) is 4. The Kier molecular flexibility index (Phi) is 5.23. The van der Waals surface area contributed by atoms with Crippen molar-refractivity contribution in [3.63, 3.8) is 0 Å². The van der Waals surface area contributed by atoms with Crippen molar-refractivity contribution in [3.05, 3.63) is 57.5 Å². The van der Waals surface area contributed by atoms with Gasteiger partial charge in [0.05, 0.1) is 11.7 Å². The van der Waals surface area contributed by atoms with Crippen molar-refractivity contribution in [3.8, 4) is 0 Å². The number of rotatable bonds is 5. The van der Waals surface area contributed by atoms with Gasteiger partial charge in [-0.3, -0.25) is 14.2 Å². The van der Waals surface area contributed by atoms with Crippen molar-refractivity contribution in [1.29, 1.82) is 0 Å². The predicted octanol–water partition coefficient (Wildman–Crippen LogP) is 4.34. The van der Waals surface area contributed by atoms with Crippen LogP contribution in [0, 0.1) is 0 Å². The third-order valence-electron chi connectivity index (χ3n) is 4.40. The van der Waals surface area contributed by atoms with Gasteiger partial charge in [-0.15, -0.1) is 11.3 Å². The lowest BCUT2D eigenvalue weighted by Gasteiger charge is -2.20. The van der Waals surface area contributed by atoms with Crippen LogP contribution < -0.4 is 10.9 Å². The quantitative estimate of drug-likeness (QED) is 0.727. The van der Waals surface area contributed by atoms with Gasteiger partial charge in [0, 0.05) is 5.69 Å². The van der Waals surface area contributed by atoms with E-state index in [2.05, 4.69) is 38.0 Å². The lowest BCUT2D eigenvalue weighted by atomic mass is 9.92. The highest BCUT2D eigenvalue weighted by Crippen LogP contribution is 2.32. The van der Waals surface area contributed by atoms with Crippen molar-refractivity contribution in [2.45, 2.75) is 46.1 Å². The number of thiophene rings is 1. The van der Waals surface area contributed by atoms with Gasteiger partial charge in [-0.25, -0.2) is 4.98 Å². The number of carbonyl (C=O) groups is 1. The third-order valence-corrected chi connectivity index (χ3v) is 5.22. The minimum atomic E-state index is -0.224. The molecule has 3 aromatic rings. The summed E-state index contributed by atoms with van der Waals surface area (Å²) in [7, 11) is 0. The highest BCUT2D eigenvalue weighted by molar-refractivity contribution is 7.16. The highest BCUT2D eigenvalue weighted by atomic mass is 32.1. The molecule has 0 unspecified atom stereocenters. The Morgan fingerprint density at radius 2 is 1.81 bits per heavy atom. The number of para-hydroxylation sites is 1. The number of fused-ring (bicyclic) bond motifs is 1. The number of benzene rings is 1. The number of nitrogens with zero attached hydrogens (tertiary/aromatic N) is 2. The third kappa shape index (κ3) is 3.55. The maximum Gasteiger partial charge on any atom is 0.262 e. The van der Waals surface area contributed by atoms with Gasteiger partial charge in [0.15, 0.2) is 0 Å². The van der Waals surface area contributed by atoms with Crippen molar-refractivity contribution < 1.29 is 4.79 Å². The Labute approximate surface area is 156 Å². The van der Waals surface area contributed by atoms with E-state index in [-0.39, 0.29) is 29.8 Å². The van der Waals surface area contributed by atoms with Gasteiger partial charge < -0.3 is 5.32 Å². The minimum Gasteiger partial charge on any atom is -0.324 e. The molecule has 2 aromatic heterocycles. The second-order valence-electron chi connectivity index (χ2n) is 6.99. The molecular weight excluding hydrogens is 346 g/mol. The fraction of sp³-hybridized carbons (Fsp3) is 0.350. The summed E-state index contributed by atoms with van der Waals surface area (Å²) < 4.78 is 1.36. The molecule has 1 amide bonds. The molecule has 26 heavy (non-hydrogen) atoms. The zero-order valence-electron chi connectivity index (χ0n) is 15.4. The van der Waals surface area contributed by atoms with E-state index in [4.69, 9.17) is 0 Å². The standard InChI is InChI=1S/C20H23N3O2S/c1-12(2)14-6-5-7-15(13(3)4)18(14)22-17(24)10-23-11-21-19-16(20(23)25)8-9-26-19/h5-9,11-13H,10H2,1-4H3,(H,22,24). The van der Waals surface area contributed by atoms with Crippen LogP contribution in [0.3, 0.4) is 0 Å². The van der Waals surface area contributed by atoms with Gasteiger partial charge in [-0.2, -0.15) is 0 Å². The molecule has 0 fully saturated rings. The molecule has 0 aliphatic heterocycles. The van der Waals surface area contributed by atoms with Crippen LogP contribution in [0.1, 0.15) is 50.7 Å². The summed E-state index contributed by atoms with van der Waals surface area (Å²) in [4.78, 5) is 30.1. The molecular formula is C20H23N3O2S. The fourth-order valence-corrected chi connectivity index (χ4v) is 3.76. The van der Waals surface area contributed by atoms with Crippen LogP contribution in [-0.4, -0.2) is 15.5 Å². The summed E-state index contributed by atoms with van der Waals surface area (Å²) in [6.07, 6.45) is 1.44. The van der Waals surface area contributed by atoms with Crippen LogP contribution >= 0.6 is 11.3 Å². The monoisotopic (exact) mass is 369 g/mol. The van der Waals surface area contributed by atoms with E-state index in [1.807, 2.05) is 23.6 Å². The van der Waals surface area contributed by atoms with Gasteiger partial charge in [-0.05, 0) is 34.4 Å². The van der Waals surface area contributed by atoms with Crippen molar-refractivity contribution in [2.24, 2.45) is 0 Å². The topological polar surface area (TPSA) is 64.0 Å². The van der Waals surface area contributed by atoms with Crippen LogP contribution in [0.5, 0.6) is 0 Å². The number of anilines is 1. The Bertz CT molecular complexity index is 975. The van der Waals surface area contributed by atoms with E-state index in [0.717, 1.165) is 16.8 Å². The largest absolute Gasteiger partial charge is 0.324 e. The molecule has 2 heterocycles. The summed E-state index contributed by atoms with van der Waals surface area (Å²) in [5.41, 5.74) is 2.87. The highest BCUT2D eigenvalue weighted by Gasteiger charge is 2.17. The van der Waals surface area contributed by atoms with Crippen molar-refractivity contribution in [2.75, 3.05) is 5.32 Å². The van der Waals surface area contributed by atoms with Crippen molar-refractivity contribution in [1.82, 2.24) is 9.55 Å². The van der Waals surface area contributed by atoms with Crippen LogP contribution in [0.2, 0.25) is 0 Å². The lowest BCUT2D eigenvalue weighted by molar-refractivity contribution is -0.116. The summed E-state index contributed by atoms with van der Waals surface area (Å²) in [6.45, 7) is 8.37. The Morgan fingerprint density at radius 1 is 1.15 bits per heavy atom. The Hall–Kier alpha value is -2.47. The molecule has 0 spiro atoms. The first kappa shape index (κ1) is 18.3. The van der Waals surface area contributed by atoms with Crippen LogP contribution in [-0.2, 0) is 11.3 Å². The molecule has 0 aliphatic carbocycles. The van der Waals surface area contributed by atoms with E-state index in [1.54, 1.807) is 6.07 Å². The first-order valence-electron chi connectivity index (χ1n) is 8.73. The molecule has 1 N–H and O–H groups in total. The zero-order valence-corrected chi connectivity index (χ0v) is 16.3. The molecule has 0 saturated heterocycles. The SMILES string of the molecule is CC(C)c1cccc(C(C)C)c1NC(=O)Cn1cnc2sccc2c1=O. The summed E-state index contributed by atoms with van der Waals surface area (Å²) in [5, 5.41) is 5.42. The first-order chi connectivity index (χ1) is 12.4. The summed E-state index contributed by atoms with van der Waals surface area (Å²) in [6, 6.07) is 7.85. The second kappa shape index (κ2) is 7.41. The predicted molar refractivity (Wildman–Crippen MR) is 107 cm³/mol. The van der Waals surface area contributed by atoms with E-state index in [1.165, 1.54) is 22.2 Å². The molecule has 136 valence electrons. The normalized spacial score (nSPS) is 11.5. The molecule has 3 rings (SSSR count). The van der Waals surface area contributed by atoms with Gasteiger partial charge in [0.1, 0.15) is 11.4 Å². The lowest BCUT2D eigenvalue weighted by Crippen LogP contribution is -2.28. The smallest absolute Gasteiger partial charge is 0.262 e. The summed E-state index contributed by atoms with van der Waals surface area (Å²) >= 11 is 1.42. The molecule has 1 aromatic carbocycles. The first-order valence-corrected chi connectivity index (χ1v) is 9.61. The van der Waals surface area contributed by atoms with Crippen molar-refractivity contribution >= 4 is 33.1 Å². The zero-order chi connectivity index (χ0) is 18.8. The number of nitrogens with one attached hydrogen (secondary N) is 1. The maximum atomic E-state index is 12.7. The van der Waals surface area contributed by atoms with Gasteiger partial charge >= 0.3 is 0 Å². The van der Waals surface area contributed by atoms with Crippen LogP contribution in [0.25, 0.3) is 10.2 Å². The molecule has 5 nitrogen and oxygen atoms in total. The number of amides is 1. The second-order valence-corrected chi connectivity index (χ2v) is 7.88. The van der Waals surface area contributed by atoms with Gasteiger partial charge in [0.2, 0.25) is 5.91 Å². The number of hydrogen-bond donors (Lipinski definition) is 1.